The Balaban J connectivity index is 2.50. The molecular formula is C13H14O5. The van der Waals surface area contributed by atoms with E-state index in [4.69, 9.17) is 18.6 Å². The van der Waals surface area contributed by atoms with E-state index in [2.05, 4.69) is 0 Å². The van der Waals surface area contributed by atoms with Crippen LogP contribution >= 0.6 is 0 Å². The summed E-state index contributed by atoms with van der Waals surface area (Å²) in [4.78, 5) is 11.8. The highest BCUT2D eigenvalue weighted by Gasteiger charge is 2.16. The van der Waals surface area contributed by atoms with Gasteiger partial charge in [-0.3, -0.25) is 0 Å². The van der Waals surface area contributed by atoms with Crippen molar-refractivity contribution in [1.29, 1.82) is 0 Å². The lowest BCUT2D eigenvalue weighted by molar-refractivity contribution is 0.142. The number of para-hydroxylation sites is 1. The number of ether oxygens (including phenoxy) is 3. The molecule has 0 N–H and O–H groups in total. The predicted molar refractivity (Wildman–Crippen MR) is 66.4 cm³/mol. The van der Waals surface area contributed by atoms with E-state index < -0.39 is 5.63 Å². The van der Waals surface area contributed by atoms with Crippen molar-refractivity contribution in [1.82, 2.24) is 0 Å². The van der Waals surface area contributed by atoms with Crippen LogP contribution < -0.4 is 15.1 Å². The first kappa shape index (κ1) is 12.4. The minimum absolute atomic E-state index is 0.0771. The molecule has 0 amide bonds. The predicted octanol–water partition coefficient (Wildman–Crippen LogP) is 1.83. The summed E-state index contributed by atoms with van der Waals surface area (Å²) < 4.78 is 20.6. The molecule has 18 heavy (non-hydrogen) atoms. The summed E-state index contributed by atoms with van der Waals surface area (Å²) in [5, 5.41) is 0.701. The van der Waals surface area contributed by atoms with Crippen molar-refractivity contribution in [2.45, 2.75) is 0 Å². The van der Waals surface area contributed by atoms with Crippen molar-refractivity contribution in [3.8, 4) is 11.5 Å². The third-order valence-electron chi connectivity index (χ3n) is 2.46. The maximum atomic E-state index is 11.8. The molecule has 1 heterocycles. The number of rotatable bonds is 5. The van der Waals surface area contributed by atoms with Gasteiger partial charge in [0.05, 0.1) is 19.1 Å². The molecule has 2 rings (SSSR count). The summed E-state index contributed by atoms with van der Waals surface area (Å²) in [5.41, 5.74) is -0.0832. The molecule has 0 saturated carbocycles. The second kappa shape index (κ2) is 5.55. The summed E-state index contributed by atoms with van der Waals surface area (Å²) in [6, 6.07) is 7.14. The van der Waals surface area contributed by atoms with Gasteiger partial charge in [-0.1, -0.05) is 12.1 Å². The molecule has 96 valence electrons. The lowest BCUT2D eigenvalue weighted by Crippen LogP contribution is -2.12. The SMILES string of the molecule is COCCOc1c(OC)c2ccccc2oc1=O. The van der Waals surface area contributed by atoms with Gasteiger partial charge in [-0.25, -0.2) is 4.79 Å². The number of hydrogen-bond donors (Lipinski definition) is 0. The molecule has 0 fully saturated rings. The first-order valence-corrected chi connectivity index (χ1v) is 5.49. The minimum atomic E-state index is -0.554. The summed E-state index contributed by atoms with van der Waals surface area (Å²) in [6.45, 7) is 0.644. The molecule has 0 unspecified atom stereocenters. The maximum Gasteiger partial charge on any atom is 0.383 e. The topological polar surface area (TPSA) is 57.9 Å². The van der Waals surface area contributed by atoms with Crippen LogP contribution in [0.15, 0.2) is 33.5 Å². The van der Waals surface area contributed by atoms with Crippen molar-refractivity contribution in [2.24, 2.45) is 0 Å². The molecule has 0 saturated heterocycles. The second-order valence-corrected chi connectivity index (χ2v) is 3.59. The Kier molecular flexibility index (Phi) is 3.84. The van der Waals surface area contributed by atoms with Crippen LogP contribution in [-0.4, -0.2) is 27.4 Å². The Bertz CT molecular complexity index is 587. The van der Waals surface area contributed by atoms with E-state index in [1.807, 2.05) is 6.07 Å². The number of methoxy groups -OCH3 is 2. The van der Waals surface area contributed by atoms with Gasteiger partial charge in [0.15, 0.2) is 5.75 Å². The van der Waals surface area contributed by atoms with E-state index in [9.17, 15) is 4.79 Å². The van der Waals surface area contributed by atoms with E-state index in [1.165, 1.54) is 7.11 Å². The monoisotopic (exact) mass is 250 g/mol. The van der Waals surface area contributed by atoms with Gasteiger partial charge in [0, 0.05) is 7.11 Å². The Morgan fingerprint density at radius 1 is 1.11 bits per heavy atom. The van der Waals surface area contributed by atoms with E-state index in [1.54, 1.807) is 25.3 Å². The van der Waals surface area contributed by atoms with Gasteiger partial charge in [0.2, 0.25) is 5.75 Å². The van der Waals surface area contributed by atoms with Crippen LogP contribution in [0.2, 0.25) is 0 Å². The molecule has 1 aromatic heterocycles. The molecule has 5 nitrogen and oxygen atoms in total. The van der Waals surface area contributed by atoms with Gasteiger partial charge in [0.1, 0.15) is 12.2 Å². The number of hydrogen-bond acceptors (Lipinski definition) is 5. The van der Waals surface area contributed by atoms with Crippen LogP contribution in [-0.2, 0) is 4.74 Å². The van der Waals surface area contributed by atoms with Crippen LogP contribution in [0.4, 0.5) is 0 Å². The van der Waals surface area contributed by atoms with Crippen LogP contribution in [0.1, 0.15) is 0 Å². The summed E-state index contributed by atoms with van der Waals surface area (Å²) in [5.74, 6) is 0.464. The maximum absolute atomic E-state index is 11.8. The first-order valence-electron chi connectivity index (χ1n) is 5.49. The van der Waals surface area contributed by atoms with E-state index in [0.717, 1.165) is 0 Å². The third-order valence-corrected chi connectivity index (χ3v) is 2.46. The molecule has 1 aromatic carbocycles. The highest BCUT2D eigenvalue weighted by atomic mass is 16.5. The van der Waals surface area contributed by atoms with Crippen molar-refractivity contribution >= 4 is 11.0 Å². The molecule has 5 heteroatoms. The molecule has 0 aliphatic carbocycles. The zero-order valence-electron chi connectivity index (χ0n) is 10.3. The largest absolute Gasteiger partial charge is 0.492 e. The van der Waals surface area contributed by atoms with Gasteiger partial charge in [-0.2, -0.15) is 0 Å². The summed E-state index contributed by atoms with van der Waals surface area (Å²) in [6.07, 6.45) is 0. The van der Waals surface area contributed by atoms with E-state index >= 15 is 0 Å². The molecule has 0 aliphatic heterocycles. The van der Waals surface area contributed by atoms with Gasteiger partial charge in [-0.05, 0) is 12.1 Å². The summed E-state index contributed by atoms with van der Waals surface area (Å²) >= 11 is 0. The molecule has 0 atom stereocenters. The highest BCUT2D eigenvalue weighted by Crippen LogP contribution is 2.31. The van der Waals surface area contributed by atoms with Crippen molar-refractivity contribution < 1.29 is 18.6 Å². The molecular weight excluding hydrogens is 236 g/mol. The Morgan fingerprint density at radius 3 is 2.61 bits per heavy atom. The van der Waals surface area contributed by atoms with Crippen molar-refractivity contribution in [2.75, 3.05) is 27.4 Å². The fourth-order valence-electron chi connectivity index (χ4n) is 1.66. The van der Waals surface area contributed by atoms with E-state index in [-0.39, 0.29) is 12.4 Å². The van der Waals surface area contributed by atoms with Crippen LogP contribution in [0.5, 0.6) is 11.5 Å². The molecule has 2 aromatic rings. The summed E-state index contributed by atoms with van der Waals surface area (Å²) in [7, 11) is 3.05. The third kappa shape index (κ3) is 2.31. The minimum Gasteiger partial charge on any atom is -0.492 e. The average molecular weight is 250 g/mol. The lowest BCUT2D eigenvalue weighted by atomic mass is 10.2. The highest BCUT2D eigenvalue weighted by molar-refractivity contribution is 5.85. The number of fused-ring (bicyclic) bond motifs is 1. The molecule has 0 spiro atoms. The zero-order valence-corrected chi connectivity index (χ0v) is 10.3. The molecule has 0 bridgehead atoms. The Labute approximate surface area is 104 Å². The fraction of sp³-hybridized carbons (Fsp3) is 0.308. The fourth-order valence-corrected chi connectivity index (χ4v) is 1.66. The zero-order chi connectivity index (χ0) is 13.0. The van der Waals surface area contributed by atoms with Gasteiger partial charge in [-0.15, -0.1) is 0 Å². The standard InChI is InChI=1S/C13H14O5/c1-15-7-8-17-12-11(16-2)9-5-3-4-6-10(9)18-13(12)14/h3-6H,7-8H2,1-2H3. The van der Waals surface area contributed by atoms with Crippen molar-refractivity contribution in [3.63, 3.8) is 0 Å². The molecule has 0 radical (unpaired) electrons. The lowest BCUT2D eigenvalue weighted by Gasteiger charge is -2.10. The van der Waals surface area contributed by atoms with Gasteiger partial charge >= 0.3 is 5.63 Å². The van der Waals surface area contributed by atoms with Crippen LogP contribution in [0.3, 0.4) is 0 Å². The number of benzene rings is 1. The van der Waals surface area contributed by atoms with E-state index in [0.29, 0.717) is 23.3 Å². The van der Waals surface area contributed by atoms with Gasteiger partial charge < -0.3 is 18.6 Å². The van der Waals surface area contributed by atoms with Crippen LogP contribution in [0, 0.1) is 0 Å². The average Bonchev–Trinajstić information content (AvgIpc) is 2.39. The van der Waals surface area contributed by atoms with Crippen LogP contribution in [0.25, 0.3) is 11.0 Å². The quantitative estimate of drug-likeness (QED) is 0.598. The smallest absolute Gasteiger partial charge is 0.383 e. The first-order chi connectivity index (χ1) is 8.77. The second-order valence-electron chi connectivity index (χ2n) is 3.59. The molecule has 0 aliphatic rings. The van der Waals surface area contributed by atoms with Crippen molar-refractivity contribution in [3.05, 3.63) is 34.7 Å². The Morgan fingerprint density at radius 2 is 1.89 bits per heavy atom. The van der Waals surface area contributed by atoms with Gasteiger partial charge in [0.25, 0.3) is 0 Å². The Hall–Kier alpha value is -2.01. The normalized spacial score (nSPS) is 10.6.